The molecule has 1 aromatic rings. The number of nitrogen functional groups attached to an aromatic ring is 1. The SMILES string of the molecule is Nc1ccc(C(=O)C2COCCO2)c(Cl)c1. The summed E-state index contributed by atoms with van der Waals surface area (Å²) in [7, 11) is 0. The van der Waals surface area contributed by atoms with Crippen molar-refractivity contribution >= 4 is 23.1 Å². The Kier molecular flexibility index (Phi) is 3.43. The molecule has 1 aromatic carbocycles. The first-order chi connectivity index (χ1) is 7.68. The van der Waals surface area contributed by atoms with Gasteiger partial charge in [0.25, 0.3) is 0 Å². The summed E-state index contributed by atoms with van der Waals surface area (Å²) in [5.41, 5.74) is 6.51. The molecule has 5 heteroatoms. The Morgan fingerprint density at radius 1 is 1.44 bits per heavy atom. The van der Waals surface area contributed by atoms with Crippen LogP contribution in [0.2, 0.25) is 5.02 Å². The van der Waals surface area contributed by atoms with Crippen molar-refractivity contribution in [1.82, 2.24) is 0 Å². The Morgan fingerprint density at radius 2 is 2.25 bits per heavy atom. The van der Waals surface area contributed by atoms with Gasteiger partial charge in [-0.25, -0.2) is 0 Å². The molecule has 2 N–H and O–H groups in total. The molecule has 0 bridgehead atoms. The molecule has 1 unspecified atom stereocenters. The summed E-state index contributed by atoms with van der Waals surface area (Å²) in [6, 6.07) is 4.80. The predicted molar refractivity (Wildman–Crippen MR) is 60.8 cm³/mol. The number of hydrogen-bond donors (Lipinski definition) is 1. The number of hydrogen-bond acceptors (Lipinski definition) is 4. The zero-order valence-corrected chi connectivity index (χ0v) is 9.37. The Bertz CT molecular complexity index is 402. The minimum Gasteiger partial charge on any atom is -0.399 e. The van der Waals surface area contributed by atoms with Gasteiger partial charge in [0.2, 0.25) is 0 Å². The highest BCUT2D eigenvalue weighted by molar-refractivity contribution is 6.34. The van der Waals surface area contributed by atoms with Crippen LogP contribution in [-0.2, 0) is 9.47 Å². The molecule has 2 rings (SSSR count). The van der Waals surface area contributed by atoms with Gasteiger partial charge in [-0.2, -0.15) is 0 Å². The molecule has 1 saturated heterocycles. The van der Waals surface area contributed by atoms with Crippen LogP contribution in [-0.4, -0.2) is 31.7 Å². The van der Waals surface area contributed by atoms with Gasteiger partial charge in [0.15, 0.2) is 5.78 Å². The molecule has 0 saturated carbocycles. The van der Waals surface area contributed by atoms with Crippen LogP contribution in [0.4, 0.5) is 5.69 Å². The first kappa shape index (κ1) is 11.4. The highest BCUT2D eigenvalue weighted by Gasteiger charge is 2.25. The Morgan fingerprint density at radius 3 is 2.88 bits per heavy atom. The van der Waals surface area contributed by atoms with E-state index in [0.29, 0.717) is 29.5 Å². The first-order valence-electron chi connectivity index (χ1n) is 4.97. The molecule has 0 aromatic heterocycles. The van der Waals surface area contributed by atoms with E-state index in [0.717, 1.165) is 0 Å². The maximum Gasteiger partial charge on any atom is 0.195 e. The van der Waals surface area contributed by atoms with Gasteiger partial charge in [0, 0.05) is 11.3 Å². The quantitative estimate of drug-likeness (QED) is 0.630. The molecule has 0 spiro atoms. The number of benzene rings is 1. The molecule has 0 aliphatic carbocycles. The number of ether oxygens (including phenoxy) is 2. The summed E-state index contributed by atoms with van der Waals surface area (Å²) in [5, 5.41) is 0.346. The largest absolute Gasteiger partial charge is 0.399 e. The number of anilines is 1. The zero-order chi connectivity index (χ0) is 11.5. The lowest BCUT2D eigenvalue weighted by atomic mass is 10.1. The normalized spacial score (nSPS) is 20.7. The number of Topliss-reactive ketones (excluding diaryl/α,β-unsaturated/α-hetero) is 1. The van der Waals surface area contributed by atoms with Gasteiger partial charge in [-0.3, -0.25) is 4.79 Å². The summed E-state index contributed by atoms with van der Waals surface area (Å²) in [6.07, 6.45) is -0.560. The van der Waals surface area contributed by atoms with E-state index in [1.165, 1.54) is 0 Å². The van der Waals surface area contributed by atoms with Crippen LogP contribution in [0.3, 0.4) is 0 Å². The van der Waals surface area contributed by atoms with Gasteiger partial charge in [0.1, 0.15) is 6.10 Å². The maximum absolute atomic E-state index is 12.0. The monoisotopic (exact) mass is 241 g/mol. The average Bonchev–Trinajstić information content (AvgIpc) is 2.29. The van der Waals surface area contributed by atoms with Gasteiger partial charge < -0.3 is 15.2 Å². The van der Waals surface area contributed by atoms with Crippen LogP contribution >= 0.6 is 11.6 Å². The van der Waals surface area contributed by atoms with Crippen LogP contribution in [0, 0.1) is 0 Å². The van der Waals surface area contributed by atoms with Gasteiger partial charge in [0.05, 0.1) is 24.8 Å². The molecular formula is C11H12ClNO3. The van der Waals surface area contributed by atoms with Crippen LogP contribution in [0.5, 0.6) is 0 Å². The summed E-state index contributed by atoms with van der Waals surface area (Å²) in [4.78, 5) is 12.0. The molecule has 1 atom stereocenters. The van der Waals surface area contributed by atoms with Gasteiger partial charge in [-0.1, -0.05) is 11.6 Å². The predicted octanol–water partition coefficient (Wildman–Crippen LogP) is 1.52. The number of carbonyl (C=O) groups excluding carboxylic acids is 1. The minimum absolute atomic E-state index is 0.162. The van der Waals surface area contributed by atoms with Crippen molar-refractivity contribution in [2.75, 3.05) is 25.6 Å². The van der Waals surface area contributed by atoms with E-state index in [-0.39, 0.29) is 12.4 Å². The Labute approximate surface area is 98.3 Å². The lowest BCUT2D eigenvalue weighted by Crippen LogP contribution is -2.35. The highest BCUT2D eigenvalue weighted by Crippen LogP contribution is 2.22. The van der Waals surface area contributed by atoms with E-state index in [2.05, 4.69) is 0 Å². The summed E-state index contributed by atoms with van der Waals surface area (Å²) in [6.45, 7) is 1.24. The number of rotatable bonds is 2. The summed E-state index contributed by atoms with van der Waals surface area (Å²) < 4.78 is 10.5. The highest BCUT2D eigenvalue weighted by atomic mass is 35.5. The van der Waals surface area contributed by atoms with Crippen molar-refractivity contribution < 1.29 is 14.3 Å². The van der Waals surface area contributed by atoms with E-state index in [9.17, 15) is 4.79 Å². The molecular weight excluding hydrogens is 230 g/mol. The molecule has 1 fully saturated rings. The fourth-order valence-corrected chi connectivity index (χ4v) is 1.83. The van der Waals surface area contributed by atoms with Crippen LogP contribution in [0.25, 0.3) is 0 Å². The smallest absolute Gasteiger partial charge is 0.195 e. The second-order valence-corrected chi connectivity index (χ2v) is 3.95. The Balaban J connectivity index is 2.19. The van der Waals surface area contributed by atoms with E-state index >= 15 is 0 Å². The second-order valence-electron chi connectivity index (χ2n) is 3.54. The number of halogens is 1. The second kappa shape index (κ2) is 4.82. The summed E-state index contributed by atoms with van der Waals surface area (Å²) >= 11 is 5.95. The summed E-state index contributed by atoms with van der Waals surface area (Å²) in [5.74, 6) is -0.162. The molecule has 0 amide bonds. The van der Waals surface area contributed by atoms with Crippen LogP contribution < -0.4 is 5.73 Å². The molecule has 1 aliphatic heterocycles. The van der Waals surface area contributed by atoms with Crippen LogP contribution in [0.1, 0.15) is 10.4 Å². The number of carbonyl (C=O) groups is 1. The van der Waals surface area contributed by atoms with Crippen molar-refractivity contribution in [2.45, 2.75) is 6.10 Å². The standard InChI is InChI=1S/C11H12ClNO3/c12-9-5-7(13)1-2-8(9)11(14)10-6-15-3-4-16-10/h1-2,5,10H,3-4,6,13H2. The van der Waals surface area contributed by atoms with Crippen molar-refractivity contribution in [3.05, 3.63) is 28.8 Å². The van der Waals surface area contributed by atoms with E-state index < -0.39 is 6.10 Å². The first-order valence-corrected chi connectivity index (χ1v) is 5.35. The lowest BCUT2D eigenvalue weighted by Gasteiger charge is -2.22. The fraction of sp³-hybridized carbons (Fsp3) is 0.364. The fourth-order valence-electron chi connectivity index (χ4n) is 1.54. The lowest BCUT2D eigenvalue weighted by molar-refractivity contribution is -0.0719. The molecule has 1 aliphatic rings. The van der Waals surface area contributed by atoms with Crippen molar-refractivity contribution in [3.8, 4) is 0 Å². The third kappa shape index (κ3) is 2.35. The van der Waals surface area contributed by atoms with E-state index in [1.807, 2.05) is 0 Å². The average molecular weight is 242 g/mol. The molecule has 4 nitrogen and oxygen atoms in total. The minimum atomic E-state index is -0.560. The molecule has 1 heterocycles. The van der Waals surface area contributed by atoms with Crippen molar-refractivity contribution in [2.24, 2.45) is 0 Å². The number of nitrogens with two attached hydrogens (primary N) is 1. The van der Waals surface area contributed by atoms with Gasteiger partial charge >= 0.3 is 0 Å². The Hall–Kier alpha value is -1.10. The number of ketones is 1. The van der Waals surface area contributed by atoms with E-state index in [1.54, 1.807) is 18.2 Å². The third-order valence-corrected chi connectivity index (χ3v) is 2.68. The third-order valence-electron chi connectivity index (χ3n) is 2.37. The van der Waals surface area contributed by atoms with Gasteiger partial charge in [-0.15, -0.1) is 0 Å². The maximum atomic E-state index is 12.0. The van der Waals surface area contributed by atoms with Crippen LogP contribution in [0.15, 0.2) is 18.2 Å². The van der Waals surface area contributed by atoms with Gasteiger partial charge in [-0.05, 0) is 18.2 Å². The molecule has 0 radical (unpaired) electrons. The molecule has 86 valence electrons. The molecule has 16 heavy (non-hydrogen) atoms. The van der Waals surface area contributed by atoms with E-state index in [4.69, 9.17) is 26.8 Å². The zero-order valence-electron chi connectivity index (χ0n) is 8.61. The topological polar surface area (TPSA) is 61.6 Å². The van der Waals surface area contributed by atoms with Crippen molar-refractivity contribution in [3.63, 3.8) is 0 Å². The van der Waals surface area contributed by atoms with Crippen molar-refractivity contribution in [1.29, 1.82) is 0 Å².